The van der Waals surface area contributed by atoms with Gasteiger partial charge < -0.3 is 5.11 Å². The highest BCUT2D eigenvalue weighted by Gasteiger charge is 2.14. The van der Waals surface area contributed by atoms with Gasteiger partial charge in [0.25, 0.3) is 0 Å². The van der Waals surface area contributed by atoms with Gasteiger partial charge in [-0.1, -0.05) is 17.7 Å². The van der Waals surface area contributed by atoms with Crippen LogP contribution in [0.25, 0.3) is 0 Å². The lowest BCUT2D eigenvalue weighted by atomic mass is 10.1. The van der Waals surface area contributed by atoms with Crippen LogP contribution < -0.4 is 0 Å². The second-order valence-electron chi connectivity index (χ2n) is 3.18. The fourth-order valence-corrected chi connectivity index (χ4v) is 2.14. The maximum absolute atomic E-state index is 11.0. The molecule has 0 unspecified atom stereocenters. The van der Waals surface area contributed by atoms with Crippen molar-refractivity contribution in [3.05, 3.63) is 34.3 Å². The van der Waals surface area contributed by atoms with Gasteiger partial charge in [-0.05, 0) is 17.7 Å². The molecule has 0 amide bonds. The number of hydrogen-bond acceptors (Lipinski definition) is 3. The van der Waals surface area contributed by atoms with Crippen LogP contribution in [0.3, 0.4) is 0 Å². The second-order valence-corrected chi connectivity index (χ2v) is 5.75. The molecule has 1 rings (SSSR count). The van der Waals surface area contributed by atoms with Gasteiger partial charge in [0, 0.05) is 11.3 Å². The van der Waals surface area contributed by atoms with Gasteiger partial charge in [-0.3, -0.25) is 0 Å². The SMILES string of the molecule is CS(=O)(=O)Cc1ccc(Cl)cc1C(=O)O. The molecule has 0 aliphatic carbocycles. The minimum absolute atomic E-state index is 0.0760. The second kappa shape index (κ2) is 4.20. The van der Waals surface area contributed by atoms with Gasteiger partial charge in [0.15, 0.2) is 9.84 Å². The van der Waals surface area contributed by atoms with E-state index in [9.17, 15) is 13.2 Å². The average Bonchev–Trinajstić information content (AvgIpc) is 2.05. The predicted octanol–water partition coefficient (Wildman–Crippen LogP) is 1.58. The quantitative estimate of drug-likeness (QED) is 0.882. The maximum Gasteiger partial charge on any atom is 0.336 e. The Morgan fingerprint density at radius 1 is 1.47 bits per heavy atom. The van der Waals surface area contributed by atoms with Crippen molar-refractivity contribution in [3.63, 3.8) is 0 Å². The summed E-state index contributed by atoms with van der Waals surface area (Å²) >= 11 is 5.62. The Morgan fingerprint density at radius 3 is 2.53 bits per heavy atom. The fraction of sp³-hybridized carbons (Fsp3) is 0.222. The first-order valence-corrected chi connectivity index (χ1v) is 6.43. The van der Waals surface area contributed by atoms with E-state index >= 15 is 0 Å². The third-order valence-corrected chi connectivity index (χ3v) is 2.79. The minimum Gasteiger partial charge on any atom is -0.478 e. The van der Waals surface area contributed by atoms with Crippen LogP contribution in [-0.4, -0.2) is 25.7 Å². The van der Waals surface area contributed by atoms with Crippen LogP contribution in [0, 0.1) is 0 Å². The topological polar surface area (TPSA) is 71.4 Å². The molecule has 6 heteroatoms. The van der Waals surface area contributed by atoms with Crippen LogP contribution in [0.2, 0.25) is 5.02 Å². The molecule has 0 saturated carbocycles. The molecule has 1 aromatic carbocycles. The first-order chi connectivity index (χ1) is 6.79. The van der Waals surface area contributed by atoms with Crippen LogP contribution in [-0.2, 0) is 15.6 Å². The summed E-state index contributed by atoms with van der Waals surface area (Å²) in [7, 11) is -3.25. The van der Waals surface area contributed by atoms with Crippen molar-refractivity contribution in [3.8, 4) is 0 Å². The third kappa shape index (κ3) is 3.53. The van der Waals surface area contributed by atoms with Gasteiger partial charge in [0.1, 0.15) is 0 Å². The number of sulfone groups is 1. The summed E-state index contributed by atoms with van der Waals surface area (Å²) in [6.45, 7) is 0. The summed E-state index contributed by atoms with van der Waals surface area (Å²) in [4.78, 5) is 10.8. The first kappa shape index (κ1) is 12.0. The van der Waals surface area contributed by atoms with Crippen molar-refractivity contribution < 1.29 is 18.3 Å². The summed E-state index contributed by atoms with van der Waals surface area (Å²) in [5.41, 5.74) is 0.169. The molecule has 0 saturated heterocycles. The lowest BCUT2D eigenvalue weighted by Crippen LogP contribution is -2.07. The van der Waals surface area contributed by atoms with Gasteiger partial charge >= 0.3 is 5.97 Å². The van der Waals surface area contributed by atoms with E-state index in [0.717, 1.165) is 6.26 Å². The lowest BCUT2D eigenvalue weighted by Gasteiger charge is -2.04. The number of carboxylic acids is 1. The van der Waals surface area contributed by atoms with Crippen LogP contribution >= 0.6 is 11.6 Å². The number of benzene rings is 1. The number of aromatic carboxylic acids is 1. The standard InChI is InChI=1S/C9H9ClO4S/c1-15(13,14)5-6-2-3-7(10)4-8(6)9(11)12/h2-4H,5H2,1H3,(H,11,12). The normalized spacial score (nSPS) is 11.3. The first-order valence-electron chi connectivity index (χ1n) is 3.99. The number of carboxylic acid groups (broad SMARTS) is 1. The van der Waals surface area contributed by atoms with Crippen molar-refractivity contribution in [2.75, 3.05) is 6.26 Å². The van der Waals surface area contributed by atoms with Crippen LogP contribution in [0.15, 0.2) is 18.2 Å². The molecule has 0 aromatic heterocycles. The Labute approximate surface area is 92.4 Å². The Bertz CT molecular complexity index is 493. The third-order valence-electron chi connectivity index (χ3n) is 1.72. The minimum atomic E-state index is -3.25. The largest absolute Gasteiger partial charge is 0.478 e. The van der Waals surface area contributed by atoms with E-state index < -0.39 is 15.8 Å². The van der Waals surface area contributed by atoms with Crippen LogP contribution in [0.1, 0.15) is 15.9 Å². The highest BCUT2D eigenvalue weighted by Crippen LogP contribution is 2.18. The monoisotopic (exact) mass is 248 g/mol. The molecule has 0 bridgehead atoms. The van der Waals surface area contributed by atoms with E-state index in [1.165, 1.54) is 18.2 Å². The Balaban J connectivity index is 3.24. The van der Waals surface area contributed by atoms with Crippen molar-refractivity contribution in [1.82, 2.24) is 0 Å². The van der Waals surface area contributed by atoms with E-state index in [-0.39, 0.29) is 21.9 Å². The van der Waals surface area contributed by atoms with Crippen molar-refractivity contribution >= 4 is 27.4 Å². The molecular formula is C9H9ClO4S. The highest BCUT2D eigenvalue weighted by atomic mass is 35.5. The summed E-state index contributed by atoms with van der Waals surface area (Å²) in [5, 5.41) is 9.10. The van der Waals surface area contributed by atoms with Crippen molar-refractivity contribution in [2.24, 2.45) is 0 Å². The fourth-order valence-electron chi connectivity index (χ4n) is 1.16. The number of halogens is 1. The molecule has 4 nitrogen and oxygen atoms in total. The van der Waals surface area contributed by atoms with E-state index in [4.69, 9.17) is 16.7 Å². The Kier molecular flexibility index (Phi) is 3.36. The van der Waals surface area contributed by atoms with Crippen molar-refractivity contribution in [1.29, 1.82) is 0 Å². The summed E-state index contributed by atoms with van der Waals surface area (Å²) in [6, 6.07) is 4.12. The summed E-state index contributed by atoms with van der Waals surface area (Å²) < 4.78 is 22.1. The number of hydrogen-bond donors (Lipinski definition) is 1. The van der Waals surface area contributed by atoms with E-state index in [0.29, 0.717) is 0 Å². The van der Waals surface area contributed by atoms with E-state index in [2.05, 4.69) is 0 Å². The molecular weight excluding hydrogens is 240 g/mol. The van der Waals surface area contributed by atoms with Crippen LogP contribution in [0.4, 0.5) is 0 Å². The highest BCUT2D eigenvalue weighted by molar-refractivity contribution is 7.89. The average molecular weight is 249 g/mol. The van der Waals surface area contributed by atoms with Gasteiger partial charge in [-0.25, -0.2) is 13.2 Å². The molecule has 0 aliphatic heterocycles. The molecule has 0 fully saturated rings. The van der Waals surface area contributed by atoms with Crippen LogP contribution in [0.5, 0.6) is 0 Å². The predicted molar refractivity (Wildman–Crippen MR) is 57.0 cm³/mol. The van der Waals surface area contributed by atoms with E-state index in [1.807, 2.05) is 0 Å². The molecule has 0 radical (unpaired) electrons. The number of rotatable bonds is 3. The lowest BCUT2D eigenvalue weighted by molar-refractivity contribution is 0.0696. The summed E-state index contributed by atoms with van der Waals surface area (Å²) in [6.07, 6.45) is 1.05. The smallest absolute Gasteiger partial charge is 0.336 e. The molecule has 15 heavy (non-hydrogen) atoms. The molecule has 0 aliphatic rings. The van der Waals surface area contributed by atoms with E-state index in [1.54, 1.807) is 0 Å². The van der Waals surface area contributed by atoms with Gasteiger partial charge in [-0.2, -0.15) is 0 Å². The zero-order valence-corrected chi connectivity index (χ0v) is 9.47. The zero-order chi connectivity index (χ0) is 11.6. The zero-order valence-electron chi connectivity index (χ0n) is 7.90. The molecule has 82 valence electrons. The van der Waals surface area contributed by atoms with Gasteiger partial charge in [0.05, 0.1) is 11.3 Å². The molecule has 0 heterocycles. The Morgan fingerprint density at radius 2 is 2.07 bits per heavy atom. The maximum atomic E-state index is 11.0. The van der Waals surface area contributed by atoms with Crippen molar-refractivity contribution in [2.45, 2.75) is 5.75 Å². The molecule has 0 spiro atoms. The molecule has 1 aromatic rings. The molecule has 1 N–H and O–H groups in total. The Hall–Kier alpha value is -1.07. The summed E-state index contributed by atoms with van der Waals surface area (Å²) in [5.74, 6) is -1.48. The van der Waals surface area contributed by atoms with Gasteiger partial charge in [-0.15, -0.1) is 0 Å². The van der Waals surface area contributed by atoms with Gasteiger partial charge in [0.2, 0.25) is 0 Å². The molecule has 0 atom stereocenters. The number of carbonyl (C=O) groups is 1.